The summed E-state index contributed by atoms with van der Waals surface area (Å²) in [4.78, 5) is 0. The molecule has 0 aromatic heterocycles. The molecule has 1 aliphatic heterocycles. The molecular weight excluding hydrogens is 282 g/mol. The van der Waals surface area contributed by atoms with Gasteiger partial charge in [0.05, 0.1) is 4.47 Å². The molecule has 0 saturated carbocycles. The molecule has 0 aliphatic carbocycles. The van der Waals surface area contributed by atoms with Crippen LogP contribution in [0.4, 0.5) is 0 Å². The number of hydrogen-bond acceptors (Lipinski definition) is 3. The highest BCUT2D eigenvalue weighted by Crippen LogP contribution is 2.42. The van der Waals surface area contributed by atoms with Crippen molar-refractivity contribution in [2.45, 2.75) is 32.7 Å². The fraction of sp³-hybridized carbons (Fsp3) is 0.538. The van der Waals surface area contributed by atoms with Crippen molar-refractivity contribution in [3.05, 3.63) is 21.7 Å². The second-order valence-corrected chi connectivity index (χ2v) is 5.24. The van der Waals surface area contributed by atoms with Gasteiger partial charge in [-0.3, -0.25) is 0 Å². The van der Waals surface area contributed by atoms with Crippen LogP contribution in [0.3, 0.4) is 0 Å². The van der Waals surface area contributed by atoms with Gasteiger partial charge in [0.15, 0.2) is 11.5 Å². The van der Waals surface area contributed by atoms with Gasteiger partial charge < -0.3 is 15.2 Å². The van der Waals surface area contributed by atoms with Gasteiger partial charge >= 0.3 is 0 Å². The molecule has 0 radical (unpaired) electrons. The fourth-order valence-electron chi connectivity index (χ4n) is 2.19. The molecule has 0 fully saturated rings. The summed E-state index contributed by atoms with van der Waals surface area (Å²) in [5.41, 5.74) is 8.36. The average Bonchev–Trinajstić information content (AvgIpc) is 2.29. The molecule has 1 aliphatic rings. The van der Waals surface area contributed by atoms with Crippen LogP contribution in [0.15, 0.2) is 10.5 Å². The molecule has 0 saturated heterocycles. The monoisotopic (exact) mass is 299 g/mol. The number of halogens is 1. The molecule has 2 rings (SSSR count). The van der Waals surface area contributed by atoms with Crippen molar-refractivity contribution in [2.24, 2.45) is 5.73 Å². The Labute approximate surface area is 110 Å². The molecule has 0 spiro atoms. The Bertz CT molecular complexity index is 418. The zero-order valence-corrected chi connectivity index (χ0v) is 11.8. The third-order valence-corrected chi connectivity index (χ3v) is 3.45. The Hall–Kier alpha value is -0.740. The summed E-state index contributed by atoms with van der Waals surface area (Å²) >= 11 is 3.54. The molecule has 1 atom stereocenters. The van der Waals surface area contributed by atoms with Crippen molar-refractivity contribution in [3.8, 4) is 11.5 Å². The van der Waals surface area contributed by atoms with E-state index in [1.807, 2.05) is 6.92 Å². The zero-order chi connectivity index (χ0) is 12.4. The number of rotatable bonds is 3. The van der Waals surface area contributed by atoms with Crippen LogP contribution in [0, 0.1) is 0 Å². The highest BCUT2D eigenvalue weighted by atomic mass is 79.9. The predicted molar refractivity (Wildman–Crippen MR) is 71.9 cm³/mol. The van der Waals surface area contributed by atoms with E-state index in [4.69, 9.17) is 15.2 Å². The van der Waals surface area contributed by atoms with Crippen LogP contribution in [0.1, 0.15) is 25.0 Å². The Balaban J connectivity index is 2.49. The number of ether oxygens (including phenoxy) is 2. The van der Waals surface area contributed by atoms with Crippen LogP contribution >= 0.6 is 15.9 Å². The molecule has 1 aromatic rings. The SMILES string of the molecule is CCc1c(CC(C)N)cc(Br)c2c1OCCO2. The molecule has 4 heteroatoms. The lowest BCUT2D eigenvalue weighted by molar-refractivity contribution is 0.168. The largest absolute Gasteiger partial charge is 0.486 e. The lowest BCUT2D eigenvalue weighted by atomic mass is 9.98. The molecule has 94 valence electrons. The third-order valence-electron chi connectivity index (χ3n) is 2.86. The van der Waals surface area contributed by atoms with Crippen LogP contribution in [-0.2, 0) is 12.8 Å². The first kappa shape index (κ1) is 12.7. The van der Waals surface area contributed by atoms with E-state index in [9.17, 15) is 0 Å². The second kappa shape index (κ2) is 5.27. The summed E-state index contributed by atoms with van der Waals surface area (Å²) < 4.78 is 12.4. The number of hydrogen-bond donors (Lipinski definition) is 1. The maximum absolute atomic E-state index is 5.89. The number of fused-ring (bicyclic) bond motifs is 1. The van der Waals surface area contributed by atoms with Crippen molar-refractivity contribution in [3.63, 3.8) is 0 Å². The first-order chi connectivity index (χ1) is 8.13. The van der Waals surface area contributed by atoms with E-state index in [1.54, 1.807) is 0 Å². The van der Waals surface area contributed by atoms with Crippen LogP contribution in [0.5, 0.6) is 11.5 Å². The van der Waals surface area contributed by atoms with Gasteiger partial charge in [-0.2, -0.15) is 0 Å². The molecule has 3 nitrogen and oxygen atoms in total. The molecule has 1 aromatic carbocycles. The number of nitrogens with two attached hydrogens (primary N) is 1. The van der Waals surface area contributed by atoms with Gasteiger partial charge in [0.1, 0.15) is 13.2 Å². The van der Waals surface area contributed by atoms with E-state index in [2.05, 4.69) is 28.9 Å². The highest BCUT2D eigenvalue weighted by molar-refractivity contribution is 9.10. The van der Waals surface area contributed by atoms with Gasteiger partial charge in [-0.1, -0.05) is 6.92 Å². The lowest BCUT2D eigenvalue weighted by Gasteiger charge is -2.24. The minimum atomic E-state index is 0.148. The molecule has 1 heterocycles. The molecule has 17 heavy (non-hydrogen) atoms. The summed E-state index contributed by atoms with van der Waals surface area (Å²) in [5, 5.41) is 0. The minimum absolute atomic E-state index is 0.148. The summed E-state index contributed by atoms with van der Waals surface area (Å²) in [6, 6.07) is 2.25. The van der Waals surface area contributed by atoms with Crippen LogP contribution in [-0.4, -0.2) is 19.3 Å². The highest BCUT2D eigenvalue weighted by Gasteiger charge is 2.21. The first-order valence-corrected chi connectivity index (χ1v) is 6.78. The van der Waals surface area contributed by atoms with Gasteiger partial charge in [-0.25, -0.2) is 0 Å². The van der Waals surface area contributed by atoms with Gasteiger partial charge in [0, 0.05) is 11.6 Å². The molecule has 2 N–H and O–H groups in total. The fourth-order valence-corrected chi connectivity index (χ4v) is 2.76. The molecule has 1 unspecified atom stereocenters. The van der Waals surface area contributed by atoms with E-state index in [1.165, 1.54) is 11.1 Å². The van der Waals surface area contributed by atoms with Gasteiger partial charge in [0.25, 0.3) is 0 Å². The zero-order valence-electron chi connectivity index (χ0n) is 10.3. The Morgan fingerprint density at radius 1 is 1.35 bits per heavy atom. The van der Waals surface area contributed by atoms with Crippen LogP contribution < -0.4 is 15.2 Å². The van der Waals surface area contributed by atoms with Crippen molar-refractivity contribution < 1.29 is 9.47 Å². The van der Waals surface area contributed by atoms with Gasteiger partial charge in [-0.05, 0) is 47.3 Å². The minimum Gasteiger partial charge on any atom is -0.486 e. The van der Waals surface area contributed by atoms with E-state index in [-0.39, 0.29) is 6.04 Å². The van der Waals surface area contributed by atoms with Crippen molar-refractivity contribution >= 4 is 15.9 Å². The topological polar surface area (TPSA) is 44.5 Å². The van der Waals surface area contributed by atoms with Crippen molar-refractivity contribution in [1.82, 2.24) is 0 Å². The summed E-state index contributed by atoms with van der Waals surface area (Å²) in [5.74, 6) is 1.73. The molecule has 0 bridgehead atoms. The lowest BCUT2D eigenvalue weighted by Crippen LogP contribution is -2.21. The van der Waals surface area contributed by atoms with Crippen LogP contribution in [0.2, 0.25) is 0 Å². The van der Waals surface area contributed by atoms with E-state index in [0.29, 0.717) is 13.2 Å². The van der Waals surface area contributed by atoms with E-state index in [0.717, 1.165) is 28.8 Å². The third kappa shape index (κ3) is 2.58. The number of benzene rings is 1. The Kier molecular flexibility index (Phi) is 3.94. The van der Waals surface area contributed by atoms with Crippen LogP contribution in [0.25, 0.3) is 0 Å². The smallest absolute Gasteiger partial charge is 0.175 e. The predicted octanol–water partition coefficient (Wildman–Crippen LogP) is 2.67. The van der Waals surface area contributed by atoms with Crippen molar-refractivity contribution in [1.29, 1.82) is 0 Å². The van der Waals surface area contributed by atoms with E-state index >= 15 is 0 Å². The normalized spacial score (nSPS) is 15.8. The van der Waals surface area contributed by atoms with Gasteiger partial charge in [-0.15, -0.1) is 0 Å². The standard InChI is InChI=1S/C13H18BrNO2/c1-3-10-9(6-8(2)15)7-11(14)13-12(10)16-4-5-17-13/h7-8H,3-6,15H2,1-2H3. The quantitative estimate of drug-likeness (QED) is 0.933. The average molecular weight is 300 g/mol. The summed E-state index contributed by atoms with van der Waals surface area (Å²) in [6.45, 7) is 5.38. The maximum atomic E-state index is 5.89. The summed E-state index contributed by atoms with van der Waals surface area (Å²) in [7, 11) is 0. The van der Waals surface area contributed by atoms with Gasteiger partial charge in [0.2, 0.25) is 0 Å². The Morgan fingerprint density at radius 3 is 2.59 bits per heavy atom. The van der Waals surface area contributed by atoms with Crippen molar-refractivity contribution in [2.75, 3.05) is 13.2 Å². The van der Waals surface area contributed by atoms with E-state index < -0.39 is 0 Å². The molecular formula is C13H18BrNO2. The first-order valence-electron chi connectivity index (χ1n) is 5.99. The second-order valence-electron chi connectivity index (χ2n) is 4.39. The maximum Gasteiger partial charge on any atom is 0.175 e. The summed E-state index contributed by atoms with van der Waals surface area (Å²) in [6.07, 6.45) is 1.79. The Morgan fingerprint density at radius 2 is 2.00 bits per heavy atom. The molecule has 0 amide bonds.